The minimum absolute atomic E-state index is 0.297. The number of amides is 1. The van der Waals surface area contributed by atoms with Gasteiger partial charge in [0.15, 0.2) is 0 Å². The quantitative estimate of drug-likeness (QED) is 0.919. The van der Waals surface area contributed by atoms with E-state index in [0.717, 1.165) is 25.1 Å². The predicted octanol–water partition coefficient (Wildman–Crippen LogP) is 3.70. The van der Waals surface area contributed by atoms with Crippen molar-refractivity contribution in [1.29, 1.82) is 0 Å². The zero-order valence-electron chi connectivity index (χ0n) is 14.0. The zero-order valence-corrected chi connectivity index (χ0v) is 14.0. The van der Waals surface area contributed by atoms with E-state index in [1.807, 2.05) is 6.07 Å². The molecule has 2 saturated carbocycles. The van der Waals surface area contributed by atoms with Crippen LogP contribution in [0.15, 0.2) is 24.3 Å². The molecule has 0 radical (unpaired) electrons. The molecule has 0 spiro atoms. The Morgan fingerprint density at radius 3 is 2.39 bits per heavy atom. The fourth-order valence-electron chi connectivity index (χ4n) is 4.60. The first-order valence-electron chi connectivity index (χ1n) is 9.47. The fraction of sp³-hybridized carbons (Fsp3) is 0.650. The summed E-state index contributed by atoms with van der Waals surface area (Å²) in [6.45, 7) is 2.01. The maximum atomic E-state index is 13.4. The Bertz CT molecular complexity index is 555. The van der Waals surface area contributed by atoms with Crippen LogP contribution < -0.4 is 5.32 Å². The van der Waals surface area contributed by atoms with E-state index in [1.165, 1.54) is 50.5 Å². The molecule has 3 aliphatic rings. The summed E-state index contributed by atoms with van der Waals surface area (Å²) in [5, 5.41) is 3.44. The molecule has 1 amide bonds. The van der Waals surface area contributed by atoms with Crippen molar-refractivity contribution >= 4 is 5.91 Å². The van der Waals surface area contributed by atoms with Crippen LogP contribution in [0, 0.1) is 0 Å². The topological polar surface area (TPSA) is 32.3 Å². The number of carbonyl (C=O) groups is 1. The number of rotatable bonds is 4. The lowest BCUT2D eigenvalue weighted by atomic mass is 9.87. The monoisotopic (exact) mass is 312 g/mol. The zero-order chi connectivity index (χ0) is 15.6. The van der Waals surface area contributed by atoms with Crippen LogP contribution in [0.4, 0.5) is 0 Å². The number of carbonyl (C=O) groups excluding carboxylic acids is 1. The van der Waals surface area contributed by atoms with Crippen LogP contribution in [0.5, 0.6) is 0 Å². The van der Waals surface area contributed by atoms with Crippen molar-refractivity contribution in [2.75, 3.05) is 13.1 Å². The molecule has 1 aromatic rings. The van der Waals surface area contributed by atoms with Gasteiger partial charge >= 0.3 is 0 Å². The Kier molecular flexibility index (Phi) is 4.39. The third kappa shape index (κ3) is 2.91. The molecular formula is C20H28N2O. The summed E-state index contributed by atoms with van der Waals surface area (Å²) in [5.74, 6) is 0.894. The van der Waals surface area contributed by atoms with Crippen molar-refractivity contribution in [3.63, 3.8) is 0 Å². The highest BCUT2D eigenvalue weighted by atomic mass is 16.2. The second kappa shape index (κ2) is 6.64. The smallest absolute Gasteiger partial charge is 0.254 e. The lowest BCUT2D eigenvalue weighted by Gasteiger charge is -2.41. The highest BCUT2D eigenvalue weighted by Crippen LogP contribution is 2.37. The number of hydrogen-bond donors (Lipinski definition) is 1. The van der Waals surface area contributed by atoms with Crippen molar-refractivity contribution in [1.82, 2.24) is 10.2 Å². The molecule has 1 saturated heterocycles. The van der Waals surface area contributed by atoms with Crippen LogP contribution >= 0.6 is 0 Å². The SMILES string of the molecule is O=C(c1ccccc1C1CCCC1)N(C1CCC1)[C@H]1CCNC1. The third-order valence-electron chi connectivity index (χ3n) is 6.12. The second-order valence-electron chi connectivity index (χ2n) is 7.51. The molecule has 1 aliphatic heterocycles. The molecule has 23 heavy (non-hydrogen) atoms. The molecule has 1 aromatic carbocycles. The number of hydrogen-bond acceptors (Lipinski definition) is 2. The molecule has 1 N–H and O–H groups in total. The Balaban J connectivity index is 1.63. The standard InChI is InChI=1S/C20H28N2O/c23-20(22(16-8-5-9-16)17-12-13-21-14-17)19-11-4-3-10-18(19)15-6-1-2-7-15/h3-4,10-11,15-17,21H,1-2,5-9,12-14H2/t17-/m0/s1. The summed E-state index contributed by atoms with van der Waals surface area (Å²) >= 11 is 0. The van der Waals surface area contributed by atoms with Gasteiger partial charge in [-0.3, -0.25) is 4.79 Å². The lowest BCUT2D eigenvalue weighted by molar-refractivity contribution is 0.0464. The van der Waals surface area contributed by atoms with Crippen LogP contribution in [-0.4, -0.2) is 36.0 Å². The van der Waals surface area contributed by atoms with E-state index >= 15 is 0 Å². The molecule has 1 heterocycles. The van der Waals surface area contributed by atoms with Crippen LogP contribution in [0.3, 0.4) is 0 Å². The van der Waals surface area contributed by atoms with Gasteiger partial charge in [-0.05, 0) is 62.6 Å². The molecule has 3 heteroatoms. The molecule has 124 valence electrons. The number of nitrogens with zero attached hydrogens (tertiary/aromatic N) is 1. The maximum absolute atomic E-state index is 13.4. The van der Waals surface area contributed by atoms with Crippen LogP contribution in [0.2, 0.25) is 0 Å². The predicted molar refractivity (Wildman–Crippen MR) is 92.7 cm³/mol. The highest BCUT2D eigenvalue weighted by Gasteiger charge is 2.37. The fourth-order valence-corrected chi connectivity index (χ4v) is 4.60. The van der Waals surface area contributed by atoms with E-state index < -0.39 is 0 Å². The van der Waals surface area contributed by atoms with Crippen molar-refractivity contribution in [3.05, 3.63) is 35.4 Å². The second-order valence-corrected chi connectivity index (χ2v) is 7.51. The summed E-state index contributed by atoms with van der Waals surface area (Å²) < 4.78 is 0. The maximum Gasteiger partial charge on any atom is 0.254 e. The number of nitrogens with one attached hydrogen (secondary N) is 1. The van der Waals surface area contributed by atoms with Gasteiger partial charge in [0.25, 0.3) is 5.91 Å². The highest BCUT2D eigenvalue weighted by molar-refractivity contribution is 5.96. The average Bonchev–Trinajstić information content (AvgIpc) is 3.23. The van der Waals surface area contributed by atoms with Crippen molar-refractivity contribution in [2.45, 2.75) is 69.4 Å². The Labute approximate surface area is 139 Å². The molecule has 2 aliphatic carbocycles. The van der Waals surface area contributed by atoms with Gasteiger partial charge < -0.3 is 10.2 Å². The summed E-state index contributed by atoms with van der Waals surface area (Å²) in [6.07, 6.45) is 9.88. The van der Waals surface area contributed by atoms with E-state index in [9.17, 15) is 4.79 Å². The van der Waals surface area contributed by atoms with Gasteiger partial charge in [-0.2, -0.15) is 0 Å². The first-order chi connectivity index (χ1) is 11.3. The summed E-state index contributed by atoms with van der Waals surface area (Å²) in [7, 11) is 0. The minimum atomic E-state index is 0.297. The molecule has 1 atom stereocenters. The van der Waals surface area contributed by atoms with Crippen LogP contribution in [0.25, 0.3) is 0 Å². The van der Waals surface area contributed by atoms with Gasteiger partial charge in [-0.15, -0.1) is 0 Å². The van der Waals surface area contributed by atoms with E-state index in [2.05, 4.69) is 28.4 Å². The Hall–Kier alpha value is -1.35. The van der Waals surface area contributed by atoms with E-state index in [4.69, 9.17) is 0 Å². The Morgan fingerprint density at radius 2 is 1.74 bits per heavy atom. The average molecular weight is 312 g/mol. The van der Waals surface area contributed by atoms with Gasteiger partial charge in [0.2, 0.25) is 0 Å². The van der Waals surface area contributed by atoms with Gasteiger partial charge in [0, 0.05) is 24.2 Å². The molecule has 0 bridgehead atoms. The van der Waals surface area contributed by atoms with Crippen LogP contribution in [-0.2, 0) is 0 Å². The van der Waals surface area contributed by atoms with Crippen molar-refractivity contribution < 1.29 is 4.79 Å². The van der Waals surface area contributed by atoms with E-state index in [-0.39, 0.29) is 0 Å². The molecule has 0 aromatic heterocycles. The molecule has 0 unspecified atom stereocenters. The molecular weight excluding hydrogens is 284 g/mol. The summed E-state index contributed by atoms with van der Waals surface area (Å²) in [4.78, 5) is 15.7. The van der Waals surface area contributed by atoms with Crippen molar-refractivity contribution in [3.8, 4) is 0 Å². The largest absolute Gasteiger partial charge is 0.331 e. The first kappa shape index (κ1) is 15.2. The van der Waals surface area contributed by atoms with E-state index in [1.54, 1.807) is 0 Å². The number of benzene rings is 1. The lowest BCUT2D eigenvalue weighted by Crippen LogP contribution is -2.51. The summed E-state index contributed by atoms with van der Waals surface area (Å²) in [6, 6.07) is 9.29. The minimum Gasteiger partial charge on any atom is -0.331 e. The van der Waals surface area contributed by atoms with Gasteiger partial charge in [0.1, 0.15) is 0 Å². The molecule has 3 fully saturated rings. The van der Waals surface area contributed by atoms with Gasteiger partial charge in [-0.25, -0.2) is 0 Å². The third-order valence-corrected chi connectivity index (χ3v) is 6.12. The first-order valence-corrected chi connectivity index (χ1v) is 9.47. The van der Waals surface area contributed by atoms with Crippen LogP contribution in [0.1, 0.15) is 73.2 Å². The van der Waals surface area contributed by atoms with Gasteiger partial charge in [-0.1, -0.05) is 31.0 Å². The van der Waals surface area contributed by atoms with E-state index in [0.29, 0.717) is 23.9 Å². The molecule has 4 rings (SSSR count). The summed E-state index contributed by atoms with van der Waals surface area (Å²) in [5.41, 5.74) is 2.29. The molecule has 3 nitrogen and oxygen atoms in total. The van der Waals surface area contributed by atoms with Crippen molar-refractivity contribution in [2.24, 2.45) is 0 Å². The normalized spacial score (nSPS) is 25.5. The van der Waals surface area contributed by atoms with Gasteiger partial charge in [0.05, 0.1) is 0 Å². The Morgan fingerprint density at radius 1 is 0.957 bits per heavy atom.